The molecule has 1 amide bonds. The average molecular weight is 327 g/mol. The number of nitrogens with two attached hydrogens (primary N) is 1. The number of likely N-dealkylation sites (tertiary alicyclic amines) is 1. The predicted molar refractivity (Wildman–Crippen MR) is 74.8 cm³/mol. The standard InChI is InChI=1S/C13H15BrN2O3/c1-13(12(18)19)2-3-16(7-13)11(17)8-4-9(14)6-10(15)5-8/h4-6H,2-3,7,15H2,1H3,(H,18,19). The molecule has 1 fully saturated rings. The first-order valence-electron chi connectivity index (χ1n) is 5.90. The fraction of sp³-hybridized carbons (Fsp3) is 0.385. The SMILES string of the molecule is CC1(C(=O)O)CCN(C(=O)c2cc(N)cc(Br)c2)C1. The number of hydrogen-bond acceptors (Lipinski definition) is 3. The first-order chi connectivity index (χ1) is 8.82. The quantitative estimate of drug-likeness (QED) is 0.814. The molecule has 1 atom stereocenters. The van der Waals surface area contributed by atoms with Gasteiger partial charge in [0.1, 0.15) is 0 Å². The van der Waals surface area contributed by atoms with Gasteiger partial charge in [-0.3, -0.25) is 9.59 Å². The third-order valence-corrected chi connectivity index (χ3v) is 3.90. The molecule has 3 N–H and O–H groups in total. The Kier molecular flexibility index (Phi) is 3.54. The van der Waals surface area contributed by atoms with Crippen LogP contribution < -0.4 is 5.73 Å². The van der Waals surface area contributed by atoms with Crippen LogP contribution in [0.3, 0.4) is 0 Å². The summed E-state index contributed by atoms with van der Waals surface area (Å²) in [7, 11) is 0. The van der Waals surface area contributed by atoms with Crippen LogP contribution in [0.2, 0.25) is 0 Å². The molecule has 102 valence electrons. The van der Waals surface area contributed by atoms with E-state index in [0.717, 1.165) is 4.47 Å². The normalized spacial score (nSPS) is 22.5. The Labute approximate surface area is 119 Å². The Morgan fingerprint density at radius 2 is 2.11 bits per heavy atom. The number of halogens is 1. The molecule has 0 aliphatic carbocycles. The molecule has 0 saturated carbocycles. The highest BCUT2D eigenvalue weighted by molar-refractivity contribution is 9.10. The van der Waals surface area contributed by atoms with Crippen LogP contribution in [0.1, 0.15) is 23.7 Å². The number of hydrogen-bond donors (Lipinski definition) is 2. The van der Waals surface area contributed by atoms with Gasteiger partial charge in [0.2, 0.25) is 0 Å². The Morgan fingerprint density at radius 1 is 1.42 bits per heavy atom. The molecule has 1 aromatic rings. The van der Waals surface area contributed by atoms with Crippen molar-refractivity contribution >= 4 is 33.5 Å². The molecule has 1 heterocycles. The molecular formula is C13H15BrN2O3. The first-order valence-corrected chi connectivity index (χ1v) is 6.70. The largest absolute Gasteiger partial charge is 0.481 e. The van der Waals surface area contributed by atoms with Crippen molar-refractivity contribution in [2.75, 3.05) is 18.8 Å². The number of rotatable bonds is 2. The summed E-state index contributed by atoms with van der Waals surface area (Å²) in [6.45, 7) is 2.35. The van der Waals surface area contributed by atoms with E-state index in [0.29, 0.717) is 24.2 Å². The minimum absolute atomic E-state index is 0.182. The molecule has 0 spiro atoms. The second kappa shape index (κ2) is 4.85. The van der Waals surface area contributed by atoms with Gasteiger partial charge >= 0.3 is 5.97 Å². The molecule has 6 heteroatoms. The number of nitrogen functional groups attached to an aromatic ring is 1. The zero-order valence-electron chi connectivity index (χ0n) is 10.5. The maximum Gasteiger partial charge on any atom is 0.311 e. The van der Waals surface area contributed by atoms with Gasteiger partial charge in [-0.1, -0.05) is 15.9 Å². The van der Waals surface area contributed by atoms with Crippen LogP contribution in [-0.4, -0.2) is 35.0 Å². The Hall–Kier alpha value is -1.56. The van der Waals surface area contributed by atoms with Crippen LogP contribution in [0.4, 0.5) is 5.69 Å². The van der Waals surface area contributed by atoms with E-state index in [1.54, 1.807) is 30.0 Å². The third kappa shape index (κ3) is 2.73. The molecule has 19 heavy (non-hydrogen) atoms. The second-order valence-corrected chi connectivity index (χ2v) is 6.03. The fourth-order valence-electron chi connectivity index (χ4n) is 2.23. The number of benzene rings is 1. The second-order valence-electron chi connectivity index (χ2n) is 5.12. The molecule has 1 unspecified atom stereocenters. The van der Waals surface area contributed by atoms with E-state index in [9.17, 15) is 9.59 Å². The summed E-state index contributed by atoms with van der Waals surface area (Å²) in [5, 5.41) is 9.17. The van der Waals surface area contributed by atoms with Crippen LogP contribution >= 0.6 is 15.9 Å². The number of carboxylic acid groups (broad SMARTS) is 1. The minimum atomic E-state index is -0.864. The van der Waals surface area contributed by atoms with Crippen molar-refractivity contribution < 1.29 is 14.7 Å². The maximum atomic E-state index is 12.3. The monoisotopic (exact) mass is 326 g/mol. The Morgan fingerprint density at radius 3 is 2.63 bits per heavy atom. The van der Waals surface area contributed by atoms with Crippen molar-refractivity contribution in [3.8, 4) is 0 Å². The molecule has 1 saturated heterocycles. The maximum absolute atomic E-state index is 12.3. The summed E-state index contributed by atoms with van der Waals surface area (Å²) >= 11 is 3.29. The number of anilines is 1. The number of amides is 1. The van der Waals surface area contributed by atoms with Crippen molar-refractivity contribution in [2.45, 2.75) is 13.3 Å². The van der Waals surface area contributed by atoms with Gasteiger partial charge in [0, 0.05) is 28.8 Å². The lowest BCUT2D eigenvalue weighted by molar-refractivity contribution is -0.147. The topological polar surface area (TPSA) is 83.6 Å². The van der Waals surface area contributed by atoms with Gasteiger partial charge in [-0.2, -0.15) is 0 Å². The average Bonchev–Trinajstić information content (AvgIpc) is 2.71. The highest BCUT2D eigenvalue weighted by Crippen LogP contribution is 2.31. The van der Waals surface area contributed by atoms with Gasteiger partial charge in [0.25, 0.3) is 5.91 Å². The Bertz CT molecular complexity index is 526. The molecular weight excluding hydrogens is 312 g/mol. The molecule has 0 bridgehead atoms. The van der Waals surface area contributed by atoms with Gasteiger partial charge in [-0.25, -0.2) is 0 Å². The van der Waals surface area contributed by atoms with Crippen molar-refractivity contribution in [1.82, 2.24) is 4.90 Å². The predicted octanol–water partition coefficient (Wildman–Crippen LogP) is 1.97. The summed E-state index contributed by atoms with van der Waals surface area (Å²) < 4.78 is 0.732. The molecule has 2 rings (SSSR count). The van der Waals surface area contributed by atoms with Crippen molar-refractivity contribution in [3.63, 3.8) is 0 Å². The van der Waals surface area contributed by atoms with Gasteiger partial charge in [-0.05, 0) is 31.5 Å². The number of carbonyl (C=O) groups is 2. The van der Waals surface area contributed by atoms with Crippen LogP contribution in [0, 0.1) is 5.41 Å². The van der Waals surface area contributed by atoms with Crippen molar-refractivity contribution in [1.29, 1.82) is 0 Å². The van der Waals surface area contributed by atoms with E-state index in [1.807, 2.05) is 0 Å². The van der Waals surface area contributed by atoms with E-state index in [4.69, 9.17) is 10.8 Å². The number of nitrogens with zero attached hydrogens (tertiary/aromatic N) is 1. The zero-order valence-corrected chi connectivity index (χ0v) is 12.1. The molecule has 0 aromatic heterocycles. The van der Waals surface area contributed by atoms with E-state index in [2.05, 4.69) is 15.9 Å². The van der Waals surface area contributed by atoms with E-state index < -0.39 is 11.4 Å². The van der Waals surface area contributed by atoms with E-state index in [1.165, 1.54) is 0 Å². The number of carboxylic acids is 1. The lowest BCUT2D eigenvalue weighted by atomic mass is 9.90. The Balaban J connectivity index is 2.20. The molecule has 0 radical (unpaired) electrons. The van der Waals surface area contributed by atoms with Gasteiger partial charge in [0.05, 0.1) is 5.41 Å². The smallest absolute Gasteiger partial charge is 0.311 e. The third-order valence-electron chi connectivity index (χ3n) is 3.44. The zero-order chi connectivity index (χ0) is 14.2. The summed E-state index contributed by atoms with van der Waals surface area (Å²) in [6.07, 6.45) is 0.470. The van der Waals surface area contributed by atoms with Gasteiger partial charge in [-0.15, -0.1) is 0 Å². The van der Waals surface area contributed by atoms with Crippen LogP contribution in [-0.2, 0) is 4.79 Å². The van der Waals surface area contributed by atoms with Gasteiger partial charge < -0.3 is 15.7 Å². The lowest BCUT2D eigenvalue weighted by Gasteiger charge is -2.20. The molecule has 1 aromatic carbocycles. The molecule has 1 aliphatic rings. The summed E-state index contributed by atoms with van der Waals surface area (Å²) in [5.74, 6) is -1.05. The minimum Gasteiger partial charge on any atom is -0.481 e. The van der Waals surface area contributed by atoms with Crippen LogP contribution in [0.15, 0.2) is 22.7 Å². The summed E-state index contributed by atoms with van der Waals surface area (Å²) in [5.41, 5.74) is 5.82. The number of carbonyl (C=O) groups excluding carboxylic acids is 1. The fourth-order valence-corrected chi connectivity index (χ4v) is 2.74. The van der Waals surface area contributed by atoms with Crippen LogP contribution in [0.5, 0.6) is 0 Å². The molecule has 5 nitrogen and oxygen atoms in total. The highest BCUT2D eigenvalue weighted by atomic mass is 79.9. The summed E-state index contributed by atoms with van der Waals surface area (Å²) in [6, 6.07) is 5.00. The van der Waals surface area contributed by atoms with Gasteiger partial charge in [0.15, 0.2) is 0 Å². The highest BCUT2D eigenvalue weighted by Gasteiger charge is 2.42. The lowest BCUT2D eigenvalue weighted by Crippen LogP contribution is -2.34. The number of aliphatic carboxylic acids is 1. The van der Waals surface area contributed by atoms with Crippen LogP contribution in [0.25, 0.3) is 0 Å². The first kappa shape index (κ1) is 13.9. The van der Waals surface area contributed by atoms with Crippen molar-refractivity contribution in [3.05, 3.63) is 28.2 Å². The van der Waals surface area contributed by atoms with E-state index >= 15 is 0 Å². The summed E-state index contributed by atoms with van der Waals surface area (Å²) in [4.78, 5) is 25.1. The van der Waals surface area contributed by atoms with E-state index in [-0.39, 0.29) is 12.5 Å². The van der Waals surface area contributed by atoms with Crippen molar-refractivity contribution in [2.24, 2.45) is 5.41 Å². The molecule has 1 aliphatic heterocycles.